The lowest BCUT2D eigenvalue weighted by molar-refractivity contribution is 0.783. The van der Waals surface area contributed by atoms with Crippen LogP contribution in [0.15, 0.2) is 73.6 Å². The van der Waals surface area contributed by atoms with Gasteiger partial charge >= 0.3 is 0 Å². The Balaban J connectivity index is 1.89. The minimum absolute atomic E-state index is 0.808. The average molecular weight is 288 g/mol. The van der Waals surface area contributed by atoms with Crippen molar-refractivity contribution in [2.45, 2.75) is 19.9 Å². The smallest absolute Gasteiger partial charge is 0.140 e. The molecule has 0 radical (unpaired) electrons. The number of aryl methyl sites for hydroxylation is 1. The zero-order valence-electron chi connectivity index (χ0n) is 12.9. The van der Waals surface area contributed by atoms with Crippen molar-refractivity contribution in [3.05, 3.63) is 96.1 Å². The zero-order chi connectivity index (χ0) is 15.4. The summed E-state index contributed by atoms with van der Waals surface area (Å²) < 4.78 is 2.15. The first-order chi connectivity index (χ1) is 10.8. The SMILES string of the molecule is C=C(c1cccc(CC)c1)c1nccn1Cc1ccccc1. The molecular weight excluding hydrogens is 268 g/mol. The average Bonchev–Trinajstić information content (AvgIpc) is 3.03. The number of hydrogen-bond donors (Lipinski definition) is 0. The van der Waals surface area contributed by atoms with Gasteiger partial charge in [-0.15, -0.1) is 0 Å². The Hall–Kier alpha value is -2.61. The van der Waals surface area contributed by atoms with Gasteiger partial charge in [-0.1, -0.05) is 68.1 Å². The topological polar surface area (TPSA) is 17.8 Å². The molecule has 0 saturated carbocycles. The molecule has 0 spiro atoms. The second-order valence-corrected chi connectivity index (χ2v) is 5.40. The van der Waals surface area contributed by atoms with Crippen LogP contribution in [-0.2, 0) is 13.0 Å². The van der Waals surface area contributed by atoms with Crippen LogP contribution in [0.5, 0.6) is 0 Å². The van der Waals surface area contributed by atoms with E-state index in [-0.39, 0.29) is 0 Å². The highest BCUT2D eigenvalue weighted by molar-refractivity contribution is 5.74. The summed E-state index contributed by atoms with van der Waals surface area (Å²) >= 11 is 0. The van der Waals surface area contributed by atoms with E-state index in [2.05, 4.69) is 71.6 Å². The summed E-state index contributed by atoms with van der Waals surface area (Å²) in [5.74, 6) is 0.928. The highest BCUT2D eigenvalue weighted by Gasteiger charge is 2.10. The number of imidazole rings is 1. The van der Waals surface area contributed by atoms with Crippen molar-refractivity contribution in [2.24, 2.45) is 0 Å². The monoisotopic (exact) mass is 288 g/mol. The maximum absolute atomic E-state index is 4.51. The Bertz CT molecular complexity index is 769. The summed E-state index contributed by atoms with van der Waals surface area (Å²) in [6.45, 7) is 7.23. The molecule has 0 unspecified atom stereocenters. The van der Waals surface area contributed by atoms with Crippen LogP contribution in [0, 0.1) is 0 Å². The van der Waals surface area contributed by atoms with Crippen molar-refractivity contribution >= 4 is 5.57 Å². The lowest BCUT2D eigenvalue weighted by atomic mass is 10.0. The van der Waals surface area contributed by atoms with Gasteiger partial charge < -0.3 is 4.57 Å². The summed E-state index contributed by atoms with van der Waals surface area (Å²) in [6.07, 6.45) is 4.88. The van der Waals surface area contributed by atoms with Crippen LogP contribution >= 0.6 is 0 Å². The van der Waals surface area contributed by atoms with E-state index in [0.717, 1.165) is 29.9 Å². The van der Waals surface area contributed by atoms with Crippen molar-refractivity contribution in [3.8, 4) is 0 Å². The normalized spacial score (nSPS) is 10.6. The molecule has 3 rings (SSSR count). The Morgan fingerprint density at radius 3 is 2.59 bits per heavy atom. The fourth-order valence-corrected chi connectivity index (χ4v) is 2.60. The second kappa shape index (κ2) is 6.44. The molecule has 0 amide bonds. The molecule has 2 nitrogen and oxygen atoms in total. The highest BCUT2D eigenvalue weighted by Crippen LogP contribution is 2.22. The van der Waals surface area contributed by atoms with Crippen molar-refractivity contribution in [1.82, 2.24) is 9.55 Å². The molecule has 0 saturated heterocycles. The predicted octanol–water partition coefficient (Wildman–Crippen LogP) is 4.56. The van der Waals surface area contributed by atoms with Crippen LogP contribution in [0.1, 0.15) is 29.4 Å². The molecule has 0 aliphatic carbocycles. The Labute approximate surface area is 131 Å². The molecule has 110 valence electrons. The Morgan fingerprint density at radius 2 is 1.82 bits per heavy atom. The van der Waals surface area contributed by atoms with Crippen LogP contribution in [0.25, 0.3) is 5.57 Å². The largest absolute Gasteiger partial charge is 0.327 e. The van der Waals surface area contributed by atoms with Crippen LogP contribution in [0.3, 0.4) is 0 Å². The fraction of sp³-hybridized carbons (Fsp3) is 0.150. The van der Waals surface area contributed by atoms with Crippen molar-refractivity contribution in [2.75, 3.05) is 0 Å². The van der Waals surface area contributed by atoms with Gasteiger partial charge in [-0.05, 0) is 23.1 Å². The number of hydrogen-bond acceptors (Lipinski definition) is 1. The molecule has 0 fully saturated rings. The van der Waals surface area contributed by atoms with E-state index in [9.17, 15) is 0 Å². The molecule has 2 heteroatoms. The van der Waals surface area contributed by atoms with Crippen LogP contribution in [0.4, 0.5) is 0 Å². The van der Waals surface area contributed by atoms with E-state index in [1.807, 2.05) is 18.5 Å². The summed E-state index contributed by atoms with van der Waals surface area (Å²) in [6, 6.07) is 18.9. The van der Waals surface area contributed by atoms with Crippen molar-refractivity contribution < 1.29 is 0 Å². The van der Waals surface area contributed by atoms with Gasteiger partial charge in [0, 0.05) is 24.5 Å². The minimum Gasteiger partial charge on any atom is -0.327 e. The number of benzene rings is 2. The minimum atomic E-state index is 0.808. The van der Waals surface area contributed by atoms with E-state index in [1.54, 1.807) is 0 Å². The van der Waals surface area contributed by atoms with Gasteiger partial charge in [0.25, 0.3) is 0 Å². The van der Waals surface area contributed by atoms with E-state index < -0.39 is 0 Å². The van der Waals surface area contributed by atoms with Crippen molar-refractivity contribution in [3.63, 3.8) is 0 Å². The number of aromatic nitrogens is 2. The molecule has 1 heterocycles. The van der Waals surface area contributed by atoms with E-state index in [0.29, 0.717) is 0 Å². The number of rotatable bonds is 5. The first kappa shape index (κ1) is 14.3. The van der Waals surface area contributed by atoms with Crippen LogP contribution in [0.2, 0.25) is 0 Å². The van der Waals surface area contributed by atoms with E-state index in [4.69, 9.17) is 0 Å². The maximum Gasteiger partial charge on any atom is 0.140 e. The zero-order valence-corrected chi connectivity index (χ0v) is 12.9. The Kier molecular flexibility index (Phi) is 4.19. The third kappa shape index (κ3) is 3.01. The predicted molar refractivity (Wildman–Crippen MR) is 91.7 cm³/mol. The first-order valence-electron chi connectivity index (χ1n) is 7.61. The number of nitrogens with zero attached hydrogens (tertiary/aromatic N) is 2. The lowest BCUT2D eigenvalue weighted by Crippen LogP contribution is -2.04. The summed E-state index contributed by atoms with van der Waals surface area (Å²) in [5.41, 5.74) is 4.69. The standard InChI is InChI=1S/C20H20N2/c1-3-17-10-7-11-19(14-17)16(2)20-21-12-13-22(20)15-18-8-5-4-6-9-18/h4-14H,2-3,15H2,1H3. The quantitative estimate of drug-likeness (QED) is 0.673. The summed E-state index contributed by atoms with van der Waals surface area (Å²) in [4.78, 5) is 4.51. The lowest BCUT2D eigenvalue weighted by Gasteiger charge is -2.11. The molecule has 0 bridgehead atoms. The second-order valence-electron chi connectivity index (χ2n) is 5.40. The molecule has 0 N–H and O–H groups in total. The van der Waals surface area contributed by atoms with Gasteiger partial charge in [0.15, 0.2) is 0 Å². The molecule has 0 aliphatic heterocycles. The molecule has 0 aliphatic rings. The first-order valence-corrected chi connectivity index (χ1v) is 7.61. The van der Waals surface area contributed by atoms with E-state index >= 15 is 0 Å². The fourth-order valence-electron chi connectivity index (χ4n) is 2.60. The molecular formula is C20H20N2. The van der Waals surface area contributed by atoms with Gasteiger partial charge in [-0.3, -0.25) is 0 Å². The summed E-state index contributed by atoms with van der Waals surface area (Å²) in [5, 5.41) is 0. The van der Waals surface area contributed by atoms with Gasteiger partial charge in [0.05, 0.1) is 0 Å². The molecule has 1 aromatic heterocycles. The van der Waals surface area contributed by atoms with Crippen LogP contribution < -0.4 is 0 Å². The molecule has 0 atom stereocenters. The van der Waals surface area contributed by atoms with Gasteiger partial charge in [0.2, 0.25) is 0 Å². The molecule has 2 aromatic carbocycles. The highest BCUT2D eigenvalue weighted by atomic mass is 15.1. The third-order valence-corrected chi connectivity index (χ3v) is 3.86. The summed E-state index contributed by atoms with van der Waals surface area (Å²) in [7, 11) is 0. The van der Waals surface area contributed by atoms with Gasteiger partial charge in [0.1, 0.15) is 5.82 Å². The van der Waals surface area contributed by atoms with E-state index in [1.165, 1.54) is 11.1 Å². The maximum atomic E-state index is 4.51. The van der Waals surface area contributed by atoms with Gasteiger partial charge in [-0.2, -0.15) is 0 Å². The van der Waals surface area contributed by atoms with Crippen LogP contribution in [-0.4, -0.2) is 9.55 Å². The third-order valence-electron chi connectivity index (χ3n) is 3.86. The Morgan fingerprint density at radius 1 is 1.05 bits per heavy atom. The molecule has 3 aromatic rings. The van der Waals surface area contributed by atoms with Crippen molar-refractivity contribution in [1.29, 1.82) is 0 Å². The molecule has 22 heavy (non-hydrogen) atoms. The van der Waals surface area contributed by atoms with Gasteiger partial charge in [-0.25, -0.2) is 4.98 Å².